The van der Waals surface area contributed by atoms with E-state index in [0.717, 1.165) is 36.1 Å². The molecule has 0 unspecified atom stereocenters. The van der Waals surface area contributed by atoms with Crippen LogP contribution in [0.3, 0.4) is 0 Å². The third-order valence-corrected chi connectivity index (χ3v) is 5.32. The molecule has 0 aromatic heterocycles. The van der Waals surface area contributed by atoms with Crippen LogP contribution < -0.4 is 20.1 Å². The molecule has 2 aliphatic rings. The van der Waals surface area contributed by atoms with Crippen LogP contribution in [0, 0.1) is 0 Å². The van der Waals surface area contributed by atoms with Crippen molar-refractivity contribution < 1.29 is 9.47 Å². The molecule has 2 aliphatic heterocycles. The van der Waals surface area contributed by atoms with Gasteiger partial charge in [0.05, 0.1) is 13.2 Å². The first-order valence-electron chi connectivity index (χ1n) is 10.5. The number of ether oxygens (including phenoxy) is 2. The third-order valence-electron chi connectivity index (χ3n) is 5.32. The van der Waals surface area contributed by atoms with Crippen LogP contribution in [0.15, 0.2) is 47.5 Å². The Morgan fingerprint density at radius 2 is 1.63 bits per heavy atom. The maximum absolute atomic E-state index is 5.76. The topological polar surface area (TPSA) is 58.1 Å². The molecule has 0 atom stereocenters. The second-order valence-corrected chi connectivity index (χ2v) is 7.56. The van der Waals surface area contributed by atoms with Crippen molar-refractivity contribution in [3.8, 4) is 11.5 Å². The summed E-state index contributed by atoms with van der Waals surface area (Å²) >= 11 is 0. The van der Waals surface area contributed by atoms with Gasteiger partial charge in [-0.05, 0) is 49.2 Å². The Balaban J connectivity index is 0.00000256. The standard InChI is InChI=1S/C23H30N4O2.HI/c1-24-23(26-20-9-10-21-22(15-20)29-14-4-13-28-21)25-16-18-5-7-19(8-6-18)17-27-11-2-3-12-27;/h5-10,15H,2-4,11-14,16-17H2,1H3,(H2,24,25,26);1H. The highest BCUT2D eigenvalue weighted by Gasteiger charge is 2.12. The van der Waals surface area contributed by atoms with Gasteiger partial charge >= 0.3 is 0 Å². The molecule has 4 rings (SSSR count). The summed E-state index contributed by atoms with van der Waals surface area (Å²) in [6.07, 6.45) is 3.56. The van der Waals surface area contributed by atoms with E-state index in [2.05, 4.69) is 44.8 Å². The van der Waals surface area contributed by atoms with Crippen LogP contribution in [0.25, 0.3) is 0 Å². The van der Waals surface area contributed by atoms with Gasteiger partial charge in [0.25, 0.3) is 0 Å². The summed E-state index contributed by atoms with van der Waals surface area (Å²) in [4.78, 5) is 6.85. The van der Waals surface area contributed by atoms with Gasteiger partial charge in [-0.1, -0.05) is 24.3 Å². The monoisotopic (exact) mass is 522 g/mol. The zero-order valence-corrected chi connectivity index (χ0v) is 19.9. The second kappa shape index (κ2) is 11.4. The number of nitrogens with zero attached hydrogens (tertiary/aromatic N) is 2. The Kier molecular flexibility index (Phi) is 8.62. The number of benzene rings is 2. The highest BCUT2D eigenvalue weighted by Crippen LogP contribution is 2.32. The van der Waals surface area contributed by atoms with E-state index < -0.39 is 0 Å². The zero-order chi connectivity index (χ0) is 19.9. The minimum atomic E-state index is 0. The first-order valence-corrected chi connectivity index (χ1v) is 10.5. The average Bonchev–Trinajstić information content (AvgIpc) is 3.15. The molecule has 2 N–H and O–H groups in total. The minimum Gasteiger partial charge on any atom is -0.490 e. The Morgan fingerprint density at radius 3 is 2.37 bits per heavy atom. The molecular formula is C23H31IN4O2. The molecule has 2 aromatic carbocycles. The first-order chi connectivity index (χ1) is 14.3. The maximum Gasteiger partial charge on any atom is 0.195 e. The summed E-state index contributed by atoms with van der Waals surface area (Å²) in [6, 6.07) is 14.7. The Labute approximate surface area is 196 Å². The van der Waals surface area contributed by atoms with E-state index in [-0.39, 0.29) is 24.0 Å². The van der Waals surface area contributed by atoms with Crippen molar-refractivity contribution in [2.45, 2.75) is 32.4 Å². The molecule has 6 nitrogen and oxygen atoms in total. The number of aliphatic imine (C=N–C) groups is 1. The molecular weight excluding hydrogens is 491 g/mol. The van der Waals surface area contributed by atoms with Crippen LogP contribution in [0.2, 0.25) is 0 Å². The average molecular weight is 522 g/mol. The first kappa shape index (κ1) is 22.7. The van der Waals surface area contributed by atoms with Crippen molar-refractivity contribution >= 4 is 35.6 Å². The van der Waals surface area contributed by atoms with Crippen molar-refractivity contribution in [1.29, 1.82) is 0 Å². The third kappa shape index (κ3) is 6.25. The highest BCUT2D eigenvalue weighted by atomic mass is 127. The molecule has 0 saturated carbocycles. The normalized spacial score (nSPS) is 16.5. The summed E-state index contributed by atoms with van der Waals surface area (Å²) in [6.45, 7) is 5.60. The van der Waals surface area contributed by atoms with Crippen molar-refractivity contribution in [1.82, 2.24) is 10.2 Å². The van der Waals surface area contributed by atoms with Gasteiger partial charge in [-0.3, -0.25) is 9.89 Å². The lowest BCUT2D eigenvalue weighted by Gasteiger charge is -2.16. The van der Waals surface area contributed by atoms with Crippen LogP contribution in [-0.4, -0.2) is 44.2 Å². The van der Waals surface area contributed by atoms with E-state index in [4.69, 9.17) is 9.47 Å². The smallest absolute Gasteiger partial charge is 0.195 e. The Hall–Kier alpha value is -2.00. The summed E-state index contributed by atoms with van der Waals surface area (Å²) in [5, 5.41) is 6.70. The van der Waals surface area contributed by atoms with Crippen LogP contribution in [0.1, 0.15) is 30.4 Å². The highest BCUT2D eigenvalue weighted by molar-refractivity contribution is 14.0. The zero-order valence-electron chi connectivity index (χ0n) is 17.5. The molecule has 0 aliphatic carbocycles. The lowest BCUT2D eigenvalue weighted by molar-refractivity contribution is 0.297. The molecule has 7 heteroatoms. The molecule has 30 heavy (non-hydrogen) atoms. The van der Waals surface area contributed by atoms with E-state index >= 15 is 0 Å². The van der Waals surface area contributed by atoms with Gasteiger partial charge in [0.1, 0.15) is 0 Å². The molecule has 162 valence electrons. The van der Waals surface area contributed by atoms with E-state index in [9.17, 15) is 0 Å². The number of fused-ring (bicyclic) bond motifs is 1. The van der Waals surface area contributed by atoms with Crippen LogP contribution in [0.4, 0.5) is 5.69 Å². The molecule has 0 amide bonds. The summed E-state index contributed by atoms with van der Waals surface area (Å²) in [5.41, 5.74) is 3.53. The Bertz CT molecular complexity index is 836. The number of hydrogen-bond donors (Lipinski definition) is 2. The SMILES string of the molecule is CN=C(NCc1ccc(CN2CCCC2)cc1)Nc1ccc2c(c1)OCCCO2.I. The minimum absolute atomic E-state index is 0. The fourth-order valence-electron chi connectivity index (χ4n) is 3.70. The summed E-state index contributed by atoms with van der Waals surface area (Å²) in [7, 11) is 1.78. The molecule has 2 heterocycles. The van der Waals surface area contributed by atoms with E-state index in [1.807, 2.05) is 18.2 Å². The van der Waals surface area contributed by atoms with Crippen LogP contribution in [-0.2, 0) is 13.1 Å². The lowest BCUT2D eigenvalue weighted by Crippen LogP contribution is -2.30. The molecule has 2 aromatic rings. The van der Waals surface area contributed by atoms with Gasteiger partial charge < -0.3 is 20.1 Å². The number of likely N-dealkylation sites (tertiary alicyclic amines) is 1. The van der Waals surface area contributed by atoms with E-state index in [0.29, 0.717) is 19.8 Å². The van der Waals surface area contributed by atoms with Crippen LogP contribution in [0.5, 0.6) is 11.5 Å². The van der Waals surface area contributed by atoms with Gasteiger partial charge in [-0.2, -0.15) is 0 Å². The van der Waals surface area contributed by atoms with Crippen molar-refractivity contribution in [3.05, 3.63) is 53.6 Å². The fraction of sp³-hybridized carbons (Fsp3) is 0.435. The number of anilines is 1. The molecule has 0 radical (unpaired) electrons. The predicted molar refractivity (Wildman–Crippen MR) is 132 cm³/mol. The van der Waals surface area contributed by atoms with Gasteiger partial charge in [0.2, 0.25) is 0 Å². The van der Waals surface area contributed by atoms with Crippen molar-refractivity contribution in [2.24, 2.45) is 4.99 Å². The maximum atomic E-state index is 5.76. The molecule has 1 saturated heterocycles. The van der Waals surface area contributed by atoms with Crippen LogP contribution >= 0.6 is 24.0 Å². The number of nitrogens with one attached hydrogen (secondary N) is 2. The lowest BCUT2D eigenvalue weighted by atomic mass is 10.1. The van der Waals surface area contributed by atoms with Crippen molar-refractivity contribution in [3.63, 3.8) is 0 Å². The Morgan fingerprint density at radius 1 is 0.933 bits per heavy atom. The summed E-state index contributed by atoms with van der Waals surface area (Å²) < 4.78 is 11.5. The number of halogens is 1. The number of hydrogen-bond acceptors (Lipinski definition) is 4. The van der Waals surface area contributed by atoms with E-state index in [1.165, 1.54) is 37.1 Å². The quantitative estimate of drug-likeness (QED) is 0.350. The fourth-order valence-corrected chi connectivity index (χ4v) is 3.70. The van der Waals surface area contributed by atoms with E-state index in [1.54, 1.807) is 7.05 Å². The summed E-state index contributed by atoms with van der Waals surface area (Å²) in [5.74, 6) is 2.29. The van der Waals surface area contributed by atoms with Gasteiger partial charge in [0, 0.05) is 38.3 Å². The van der Waals surface area contributed by atoms with Gasteiger partial charge in [-0.15, -0.1) is 24.0 Å². The molecule has 0 bridgehead atoms. The predicted octanol–water partition coefficient (Wildman–Crippen LogP) is 4.25. The second-order valence-electron chi connectivity index (χ2n) is 7.56. The number of guanidine groups is 1. The largest absolute Gasteiger partial charge is 0.490 e. The molecule has 0 spiro atoms. The van der Waals surface area contributed by atoms with Crippen molar-refractivity contribution in [2.75, 3.05) is 38.7 Å². The molecule has 1 fully saturated rings. The van der Waals surface area contributed by atoms with Gasteiger partial charge in [-0.25, -0.2) is 0 Å². The number of rotatable bonds is 5. The van der Waals surface area contributed by atoms with Gasteiger partial charge in [0.15, 0.2) is 17.5 Å².